The molecule has 16 heavy (non-hydrogen) atoms. The van der Waals surface area contributed by atoms with Gasteiger partial charge in [0.05, 0.1) is 0 Å². The normalized spacial score (nSPS) is 25.4. The predicted octanol–water partition coefficient (Wildman–Crippen LogP) is 0.671. The van der Waals surface area contributed by atoms with Crippen molar-refractivity contribution in [2.45, 2.75) is 38.1 Å². The number of hydrogen-bond donors (Lipinski definition) is 2. The van der Waals surface area contributed by atoms with Gasteiger partial charge in [-0.05, 0) is 51.1 Å². The molecular weight excluding hydrogens is 204 g/mol. The molecule has 1 saturated heterocycles. The van der Waals surface area contributed by atoms with Gasteiger partial charge < -0.3 is 15.4 Å². The summed E-state index contributed by atoms with van der Waals surface area (Å²) >= 11 is 0. The summed E-state index contributed by atoms with van der Waals surface area (Å²) < 4.78 is 5.39. The highest BCUT2D eigenvalue weighted by molar-refractivity contribution is 5.77. The lowest BCUT2D eigenvalue weighted by Gasteiger charge is -2.22. The molecule has 92 valence electrons. The van der Waals surface area contributed by atoms with Gasteiger partial charge in [-0.3, -0.25) is 4.79 Å². The minimum atomic E-state index is 0.0456. The Bertz CT molecular complexity index is 223. The number of piperidine rings is 1. The first kappa shape index (κ1) is 11.9. The lowest BCUT2D eigenvalue weighted by Crippen LogP contribution is -2.31. The van der Waals surface area contributed by atoms with Crippen LogP contribution in [0.1, 0.15) is 32.1 Å². The van der Waals surface area contributed by atoms with E-state index in [1.807, 2.05) is 0 Å². The summed E-state index contributed by atoms with van der Waals surface area (Å²) in [7, 11) is 0. The van der Waals surface area contributed by atoms with E-state index >= 15 is 0 Å². The summed E-state index contributed by atoms with van der Waals surface area (Å²) in [5, 5.41) is 6.30. The zero-order valence-corrected chi connectivity index (χ0v) is 9.84. The third kappa shape index (κ3) is 4.49. The molecule has 2 N–H and O–H groups in total. The summed E-state index contributed by atoms with van der Waals surface area (Å²) in [6, 6.07) is 0.443. The molecule has 1 atom stereocenters. The third-order valence-corrected chi connectivity index (χ3v) is 3.24. The van der Waals surface area contributed by atoms with Gasteiger partial charge in [0.1, 0.15) is 6.61 Å². The molecule has 1 unspecified atom stereocenters. The molecule has 0 radical (unpaired) electrons. The van der Waals surface area contributed by atoms with E-state index in [2.05, 4.69) is 10.6 Å². The number of hydrogen-bond acceptors (Lipinski definition) is 3. The van der Waals surface area contributed by atoms with Crippen molar-refractivity contribution in [3.63, 3.8) is 0 Å². The summed E-state index contributed by atoms with van der Waals surface area (Å²) in [6.07, 6.45) is 5.92. The maximum atomic E-state index is 11.3. The van der Waals surface area contributed by atoms with E-state index in [1.54, 1.807) is 0 Å². The molecule has 0 aromatic carbocycles. The highest BCUT2D eigenvalue weighted by Gasteiger charge is 2.23. The van der Waals surface area contributed by atoms with Crippen LogP contribution in [0.2, 0.25) is 0 Å². The maximum absolute atomic E-state index is 11.3. The Labute approximate surface area is 97.1 Å². The van der Waals surface area contributed by atoms with E-state index in [-0.39, 0.29) is 12.5 Å². The van der Waals surface area contributed by atoms with Crippen molar-refractivity contribution in [3.05, 3.63) is 0 Å². The summed E-state index contributed by atoms with van der Waals surface area (Å²) in [4.78, 5) is 11.3. The summed E-state index contributed by atoms with van der Waals surface area (Å²) in [5.74, 6) is 0.782. The van der Waals surface area contributed by atoms with E-state index in [1.165, 1.54) is 12.8 Å². The largest absolute Gasteiger partial charge is 0.372 e. The van der Waals surface area contributed by atoms with Crippen molar-refractivity contribution < 1.29 is 9.53 Å². The molecule has 2 rings (SSSR count). The van der Waals surface area contributed by atoms with E-state index in [9.17, 15) is 4.79 Å². The fourth-order valence-electron chi connectivity index (χ4n) is 2.08. The molecule has 0 bridgehead atoms. The highest BCUT2D eigenvalue weighted by atomic mass is 16.5. The highest BCUT2D eigenvalue weighted by Crippen LogP contribution is 2.18. The van der Waals surface area contributed by atoms with Gasteiger partial charge in [0, 0.05) is 12.6 Å². The first-order valence-corrected chi connectivity index (χ1v) is 6.42. The van der Waals surface area contributed by atoms with Crippen LogP contribution in [0, 0.1) is 5.92 Å². The number of rotatable bonds is 6. The Kier molecular flexibility index (Phi) is 4.60. The molecule has 0 spiro atoms. The van der Waals surface area contributed by atoms with Crippen molar-refractivity contribution in [2.75, 3.05) is 26.3 Å². The van der Waals surface area contributed by atoms with Gasteiger partial charge >= 0.3 is 0 Å². The molecule has 1 heterocycles. The molecule has 4 nitrogen and oxygen atoms in total. The first-order chi connectivity index (χ1) is 7.84. The predicted molar refractivity (Wildman–Crippen MR) is 62.2 cm³/mol. The molecule has 0 aromatic rings. The van der Waals surface area contributed by atoms with Gasteiger partial charge in [-0.2, -0.15) is 0 Å². The van der Waals surface area contributed by atoms with Gasteiger partial charge in [0.15, 0.2) is 0 Å². The van der Waals surface area contributed by atoms with Gasteiger partial charge in [-0.25, -0.2) is 0 Å². The van der Waals surface area contributed by atoms with Crippen molar-refractivity contribution in [3.8, 4) is 0 Å². The monoisotopic (exact) mass is 226 g/mol. The fourth-order valence-corrected chi connectivity index (χ4v) is 2.08. The van der Waals surface area contributed by atoms with Crippen LogP contribution in [0.4, 0.5) is 0 Å². The second-order valence-electron chi connectivity index (χ2n) is 4.90. The quantitative estimate of drug-likeness (QED) is 0.655. The van der Waals surface area contributed by atoms with E-state index < -0.39 is 0 Å². The van der Waals surface area contributed by atoms with E-state index in [4.69, 9.17) is 4.74 Å². The average molecular weight is 226 g/mol. The second-order valence-corrected chi connectivity index (χ2v) is 4.90. The zero-order chi connectivity index (χ0) is 11.2. The van der Waals surface area contributed by atoms with Crippen LogP contribution in [0.15, 0.2) is 0 Å². The third-order valence-electron chi connectivity index (χ3n) is 3.24. The van der Waals surface area contributed by atoms with Crippen LogP contribution < -0.4 is 10.6 Å². The Morgan fingerprint density at radius 1 is 1.38 bits per heavy atom. The van der Waals surface area contributed by atoms with Crippen LogP contribution >= 0.6 is 0 Å². The SMILES string of the molecule is O=C(COCCC1CCCNC1)NC1CC1. The molecule has 1 aliphatic heterocycles. The topological polar surface area (TPSA) is 50.4 Å². The van der Waals surface area contributed by atoms with Crippen molar-refractivity contribution >= 4 is 5.91 Å². The van der Waals surface area contributed by atoms with Crippen molar-refractivity contribution in [2.24, 2.45) is 5.92 Å². The number of nitrogens with one attached hydrogen (secondary N) is 2. The minimum absolute atomic E-state index is 0.0456. The minimum Gasteiger partial charge on any atom is -0.372 e. The van der Waals surface area contributed by atoms with Crippen LogP contribution in [0.3, 0.4) is 0 Å². The van der Waals surface area contributed by atoms with E-state index in [0.717, 1.165) is 38.3 Å². The Morgan fingerprint density at radius 2 is 2.25 bits per heavy atom. The number of carbonyl (C=O) groups is 1. The lowest BCUT2D eigenvalue weighted by atomic mass is 9.97. The number of amides is 1. The van der Waals surface area contributed by atoms with Crippen LogP contribution in [0.5, 0.6) is 0 Å². The zero-order valence-electron chi connectivity index (χ0n) is 9.84. The molecular formula is C12H22N2O2. The van der Waals surface area contributed by atoms with Gasteiger partial charge in [-0.1, -0.05) is 0 Å². The second kappa shape index (κ2) is 6.21. The van der Waals surface area contributed by atoms with Gasteiger partial charge in [0.25, 0.3) is 0 Å². The Hall–Kier alpha value is -0.610. The molecule has 0 aromatic heterocycles. The number of carbonyl (C=O) groups excluding carboxylic acids is 1. The average Bonchev–Trinajstić information content (AvgIpc) is 3.10. The molecule has 1 amide bonds. The van der Waals surface area contributed by atoms with Gasteiger partial charge in [0.2, 0.25) is 5.91 Å². The summed E-state index contributed by atoms with van der Waals surface area (Å²) in [5.41, 5.74) is 0. The van der Waals surface area contributed by atoms with Crippen LogP contribution in [-0.4, -0.2) is 38.3 Å². The summed E-state index contributed by atoms with van der Waals surface area (Å²) in [6.45, 7) is 3.21. The van der Waals surface area contributed by atoms with Crippen LogP contribution in [-0.2, 0) is 9.53 Å². The smallest absolute Gasteiger partial charge is 0.246 e. The standard InChI is InChI=1S/C12H22N2O2/c15-12(14-11-3-4-11)9-16-7-5-10-2-1-6-13-8-10/h10-11,13H,1-9H2,(H,14,15). The van der Waals surface area contributed by atoms with Crippen molar-refractivity contribution in [1.29, 1.82) is 0 Å². The fraction of sp³-hybridized carbons (Fsp3) is 0.917. The van der Waals surface area contributed by atoms with E-state index in [0.29, 0.717) is 12.6 Å². The van der Waals surface area contributed by atoms with Crippen LogP contribution in [0.25, 0.3) is 0 Å². The first-order valence-electron chi connectivity index (χ1n) is 6.42. The lowest BCUT2D eigenvalue weighted by molar-refractivity contribution is -0.126. The van der Waals surface area contributed by atoms with Crippen molar-refractivity contribution in [1.82, 2.24) is 10.6 Å². The molecule has 1 aliphatic carbocycles. The molecule has 4 heteroatoms. The molecule has 2 fully saturated rings. The Morgan fingerprint density at radius 3 is 2.94 bits per heavy atom. The van der Waals surface area contributed by atoms with Gasteiger partial charge in [-0.15, -0.1) is 0 Å². The Balaban J connectivity index is 1.45. The molecule has 1 saturated carbocycles. The number of ether oxygens (including phenoxy) is 1. The maximum Gasteiger partial charge on any atom is 0.246 e. The molecule has 2 aliphatic rings.